The normalized spacial score (nSPS) is 10.9. The second-order valence-electron chi connectivity index (χ2n) is 4.90. The fourth-order valence-electron chi connectivity index (χ4n) is 1.98. The molecule has 8 heteroatoms. The highest BCUT2D eigenvalue weighted by Crippen LogP contribution is 2.31. The van der Waals surface area contributed by atoms with Crippen LogP contribution in [0.1, 0.15) is 15.9 Å². The van der Waals surface area contributed by atoms with Gasteiger partial charge in [-0.05, 0) is 30.3 Å². The molecule has 0 heterocycles. The first-order valence-corrected chi connectivity index (χ1v) is 7.08. The summed E-state index contributed by atoms with van der Waals surface area (Å²) in [7, 11) is 1.21. The Labute approximate surface area is 141 Å². The number of carbonyl (C=O) groups excluding carboxylic acids is 2. The number of anilines is 1. The molecule has 5 nitrogen and oxygen atoms in total. The van der Waals surface area contributed by atoms with Crippen LogP contribution in [0, 0.1) is 0 Å². The second-order valence-corrected chi connectivity index (χ2v) is 4.90. The van der Waals surface area contributed by atoms with E-state index in [0.29, 0.717) is 0 Å². The van der Waals surface area contributed by atoms with E-state index in [1.807, 2.05) is 0 Å². The summed E-state index contributed by atoms with van der Waals surface area (Å²) in [5.74, 6) is -1.35. The van der Waals surface area contributed by atoms with E-state index in [1.165, 1.54) is 31.4 Å². The van der Waals surface area contributed by atoms with Crippen molar-refractivity contribution in [3.8, 4) is 5.75 Å². The van der Waals surface area contributed by atoms with Gasteiger partial charge in [-0.25, -0.2) is 4.79 Å². The maximum atomic E-state index is 12.6. The first-order chi connectivity index (χ1) is 11.8. The number of carbonyl (C=O) groups is 2. The smallest absolute Gasteiger partial charge is 0.416 e. The fraction of sp³-hybridized carbons (Fsp3) is 0.176. The minimum absolute atomic E-state index is 0.0915. The van der Waals surface area contributed by atoms with Gasteiger partial charge in [-0.1, -0.05) is 18.2 Å². The molecule has 1 N–H and O–H groups in total. The highest BCUT2D eigenvalue weighted by Gasteiger charge is 2.30. The summed E-state index contributed by atoms with van der Waals surface area (Å²) in [4.78, 5) is 23.5. The summed E-state index contributed by atoms with van der Waals surface area (Å²) < 4.78 is 47.6. The van der Waals surface area contributed by atoms with Crippen molar-refractivity contribution in [2.24, 2.45) is 0 Å². The summed E-state index contributed by atoms with van der Waals surface area (Å²) in [5.41, 5.74) is -0.508. The molecule has 0 aliphatic heterocycles. The monoisotopic (exact) mass is 353 g/mol. The van der Waals surface area contributed by atoms with Crippen LogP contribution >= 0.6 is 0 Å². The number of halogens is 3. The molecule has 0 aliphatic carbocycles. The van der Waals surface area contributed by atoms with E-state index < -0.39 is 30.2 Å². The highest BCUT2D eigenvalue weighted by atomic mass is 19.4. The molecule has 2 rings (SSSR count). The molecule has 0 spiro atoms. The average Bonchev–Trinajstić information content (AvgIpc) is 2.59. The predicted octanol–water partition coefficient (Wildman–Crippen LogP) is 3.51. The molecule has 2 aromatic carbocycles. The number of benzene rings is 2. The Balaban J connectivity index is 2.02. The van der Waals surface area contributed by atoms with Gasteiger partial charge in [0, 0.05) is 0 Å². The molecule has 0 aliphatic rings. The minimum Gasteiger partial charge on any atom is -0.484 e. The summed E-state index contributed by atoms with van der Waals surface area (Å²) in [6.45, 7) is -0.517. The summed E-state index contributed by atoms with van der Waals surface area (Å²) in [5, 5.41) is 2.45. The molecule has 1 amide bonds. The van der Waals surface area contributed by atoms with Crippen molar-refractivity contribution in [1.29, 1.82) is 0 Å². The van der Waals surface area contributed by atoms with Crippen molar-refractivity contribution in [2.45, 2.75) is 6.18 Å². The van der Waals surface area contributed by atoms with Gasteiger partial charge >= 0.3 is 12.1 Å². The van der Waals surface area contributed by atoms with Gasteiger partial charge in [-0.2, -0.15) is 13.2 Å². The number of nitrogens with one attached hydrogen (secondary N) is 1. The van der Waals surface area contributed by atoms with Gasteiger partial charge in [0.05, 0.1) is 23.9 Å². The lowest BCUT2D eigenvalue weighted by Crippen LogP contribution is -2.22. The quantitative estimate of drug-likeness (QED) is 0.836. The van der Waals surface area contributed by atoms with Crippen molar-refractivity contribution < 1.29 is 32.2 Å². The van der Waals surface area contributed by atoms with Crippen LogP contribution in [0.3, 0.4) is 0 Å². The number of hydrogen-bond donors (Lipinski definition) is 1. The van der Waals surface area contributed by atoms with E-state index in [0.717, 1.165) is 12.1 Å². The maximum Gasteiger partial charge on any atom is 0.416 e. The Morgan fingerprint density at radius 3 is 2.48 bits per heavy atom. The molecule has 0 saturated heterocycles. The third-order valence-corrected chi connectivity index (χ3v) is 3.14. The fourth-order valence-corrected chi connectivity index (χ4v) is 1.98. The molecule has 0 fully saturated rings. The first kappa shape index (κ1) is 18.3. The van der Waals surface area contributed by atoms with Crippen LogP contribution < -0.4 is 10.1 Å². The molecule has 0 bridgehead atoms. The van der Waals surface area contributed by atoms with E-state index in [4.69, 9.17) is 4.74 Å². The molecule has 0 aromatic heterocycles. The highest BCUT2D eigenvalue weighted by molar-refractivity contribution is 6.01. The largest absolute Gasteiger partial charge is 0.484 e. The third kappa shape index (κ3) is 4.97. The van der Waals surface area contributed by atoms with E-state index >= 15 is 0 Å². The second kappa shape index (κ2) is 7.69. The van der Waals surface area contributed by atoms with Gasteiger partial charge in [0.2, 0.25) is 0 Å². The number of esters is 1. The summed E-state index contributed by atoms with van der Waals surface area (Å²) in [6, 6.07) is 10.4. The minimum atomic E-state index is -4.50. The number of amides is 1. The topological polar surface area (TPSA) is 64.6 Å². The lowest BCUT2D eigenvalue weighted by Gasteiger charge is -2.12. The molecule has 0 atom stereocenters. The third-order valence-electron chi connectivity index (χ3n) is 3.14. The molecule has 0 unspecified atom stereocenters. The number of methoxy groups -OCH3 is 1. The van der Waals surface area contributed by atoms with Gasteiger partial charge in [0.15, 0.2) is 6.61 Å². The number of hydrogen-bond acceptors (Lipinski definition) is 4. The Morgan fingerprint density at radius 1 is 1.08 bits per heavy atom. The first-order valence-electron chi connectivity index (χ1n) is 7.08. The Kier molecular flexibility index (Phi) is 5.63. The van der Waals surface area contributed by atoms with Gasteiger partial charge in [-0.15, -0.1) is 0 Å². The molecular weight excluding hydrogens is 339 g/mol. The van der Waals surface area contributed by atoms with Crippen molar-refractivity contribution in [2.75, 3.05) is 19.0 Å². The Hall–Kier alpha value is -3.03. The van der Waals surface area contributed by atoms with E-state index in [9.17, 15) is 22.8 Å². The van der Waals surface area contributed by atoms with Crippen LogP contribution in [-0.2, 0) is 15.7 Å². The lowest BCUT2D eigenvalue weighted by molar-refractivity contribution is -0.137. The van der Waals surface area contributed by atoms with Crippen molar-refractivity contribution in [1.82, 2.24) is 0 Å². The number of alkyl halides is 3. The van der Waals surface area contributed by atoms with Gasteiger partial charge in [-0.3, -0.25) is 4.79 Å². The van der Waals surface area contributed by atoms with Gasteiger partial charge < -0.3 is 14.8 Å². The summed E-state index contributed by atoms with van der Waals surface area (Å²) in [6.07, 6.45) is -4.50. The molecule has 2 aromatic rings. The predicted molar refractivity (Wildman–Crippen MR) is 83.4 cm³/mol. The van der Waals surface area contributed by atoms with Crippen LogP contribution in [-0.4, -0.2) is 25.6 Å². The molecule has 0 radical (unpaired) electrons. The van der Waals surface area contributed by atoms with Crippen LogP contribution in [0.5, 0.6) is 5.75 Å². The van der Waals surface area contributed by atoms with Gasteiger partial charge in [0.25, 0.3) is 5.91 Å². The zero-order valence-electron chi connectivity index (χ0n) is 13.1. The molecule has 0 saturated carbocycles. The van der Waals surface area contributed by atoms with E-state index in [1.54, 1.807) is 12.1 Å². The number of para-hydroxylation sites is 1. The van der Waals surface area contributed by atoms with Crippen LogP contribution in [0.2, 0.25) is 0 Å². The SMILES string of the molecule is COC(=O)c1ccccc1NC(=O)COc1cccc(C(F)(F)F)c1. The van der Waals surface area contributed by atoms with Gasteiger partial charge in [0.1, 0.15) is 5.75 Å². The zero-order chi connectivity index (χ0) is 18.4. The molecule has 132 valence electrons. The lowest BCUT2D eigenvalue weighted by atomic mass is 10.2. The van der Waals surface area contributed by atoms with Crippen LogP contribution in [0.25, 0.3) is 0 Å². The standard InChI is InChI=1S/C17H14F3NO4/c1-24-16(23)13-7-2-3-8-14(13)21-15(22)10-25-12-6-4-5-11(9-12)17(18,19)20/h2-9H,10H2,1H3,(H,21,22). The summed E-state index contributed by atoms with van der Waals surface area (Å²) >= 11 is 0. The number of rotatable bonds is 5. The Morgan fingerprint density at radius 2 is 1.80 bits per heavy atom. The van der Waals surface area contributed by atoms with Crippen molar-refractivity contribution in [3.05, 3.63) is 59.7 Å². The van der Waals surface area contributed by atoms with Crippen LogP contribution in [0.4, 0.5) is 18.9 Å². The number of ether oxygens (including phenoxy) is 2. The van der Waals surface area contributed by atoms with Crippen molar-refractivity contribution in [3.63, 3.8) is 0 Å². The molecule has 25 heavy (non-hydrogen) atoms. The van der Waals surface area contributed by atoms with E-state index in [2.05, 4.69) is 10.1 Å². The van der Waals surface area contributed by atoms with E-state index in [-0.39, 0.29) is 17.0 Å². The average molecular weight is 353 g/mol. The molecular formula is C17H14F3NO4. The Bertz CT molecular complexity index is 774. The zero-order valence-corrected chi connectivity index (χ0v) is 13.1. The maximum absolute atomic E-state index is 12.6. The van der Waals surface area contributed by atoms with Crippen molar-refractivity contribution >= 4 is 17.6 Å². The van der Waals surface area contributed by atoms with Crippen LogP contribution in [0.15, 0.2) is 48.5 Å².